The maximum Gasteiger partial charge on any atom is 0.327 e. The van der Waals surface area contributed by atoms with Crippen molar-refractivity contribution in [2.24, 2.45) is 0 Å². The number of imide groups is 1. The van der Waals surface area contributed by atoms with Gasteiger partial charge in [-0.25, -0.2) is 4.79 Å². The van der Waals surface area contributed by atoms with Crippen molar-refractivity contribution in [1.29, 1.82) is 0 Å². The minimum Gasteiger partial charge on any atom is -0.491 e. The van der Waals surface area contributed by atoms with Crippen molar-refractivity contribution < 1.29 is 19.4 Å². The van der Waals surface area contributed by atoms with Crippen molar-refractivity contribution in [2.45, 2.75) is 64.5 Å². The molecule has 2 aliphatic heterocycles. The minimum atomic E-state index is -0.916. The van der Waals surface area contributed by atoms with E-state index in [9.17, 15) is 14.7 Å². The summed E-state index contributed by atoms with van der Waals surface area (Å²) in [5, 5.41) is 10.3. The zero-order valence-electron chi connectivity index (χ0n) is 16.7. The van der Waals surface area contributed by atoms with Crippen LogP contribution in [-0.2, 0) is 10.2 Å². The SMILES string of the molecule is Cc1cc(C(C)(C)C)ccc1OC[C@@H](O)CN1C(=O)[C@H]2CCCCN2C1=O. The quantitative estimate of drug-likeness (QED) is 0.805. The lowest BCUT2D eigenvalue weighted by molar-refractivity contribution is -0.129. The average molecular weight is 374 g/mol. The molecule has 0 bridgehead atoms. The predicted molar refractivity (Wildman–Crippen MR) is 103 cm³/mol. The first-order valence-electron chi connectivity index (χ1n) is 9.72. The van der Waals surface area contributed by atoms with Gasteiger partial charge in [0.05, 0.1) is 6.54 Å². The minimum absolute atomic E-state index is 0.0240. The number of aliphatic hydroxyl groups excluding tert-OH is 1. The van der Waals surface area contributed by atoms with Gasteiger partial charge in [0, 0.05) is 6.54 Å². The predicted octanol–water partition coefficient (Wildman–Crippen LogP) is 2.85. The van der Waals surface area contributed by atoms with Gasteiger partial charge < -0.3 is 14.7 Å². The van der Waals surface area contributed by atoms with Crippen LogP contribution in [0.1, 0.15) is 51.2 Å². The van der Waals surface area contributed by atoms with Gasteiger partial charge in [-0.2, -0.15) is 0 Å². The Kier molecular flexibility index (Phi) is 5.47. The van der Waals surface area contributed by atoms with E-state index in [-0.39, 0.29) is 36.5 Å². The molecule has 1 N–H and O–H groups in total. The van der Waals surface area contributed by atoms with E-state index in [0.29, 0.717) is 18.7 Å². The van der Waals surface area contributed by atoms with Gasteiger partial charge in [-0.1, -0.05) is 32.9 Å². The molecule has 2 fully saturated rings. The molecule has 27 heavy (non-hydrogen) atoms. The first-order valence-corrected chi connectivity index (χ1v) is 9.72. The largest absolute Gasteiger partial charge is 0.491 e. The number of fused-ring (bicyclic) bond motifs is 1. The number of aryl methyl sites for hydroxylation is 1. The van der Waals surface area contributed by atoms with Crippen molar-refractivity contribution in [3.8, 4) is 5.75 Å². The van der Waals surface area contributed by atoms with Gasteiger partial charge in [-0.3, -0.25) is 9.69 Å². The van der Waals surface area contributed by atoms with E-state index < -0.39 is 6.10 Å². The molecule has 2 heterocycles. The number of urea groups is 1. The van der Waals surface area contributed by atoms with Gasteiger partial charge in [-0.05, 0) is 48.8 Å². The van der Waals surface area contributed by atoms with Gasteiger partial charge in [0.1, 0.15) is 24.5 Å². The molecule has 2 atom stereocenters. The fraction of sp³-hybridized carbons (Fsp3) is 0.619. The first-order chi connectivity index (χ1) is 12.7. The second kappa shape index (κ2) is 7.50. The molecule has 6 nitrogen and oxygen atoms in total. The van der Waals surface area contributed by atoms with Crippen LogP contribution in [0.2, 0.25) is 0 Å². The number of carbonyl (C=O) groups is 2. The third-order valence-corrected chi connectivity index (χ3v) is 5.40. The van der Waals surface area contributed by atoms with Crippen LogP contribution in [0.15, 0.2) is 18.2 Å². The lowest BCUT2D eigenvalue weighted by Crippen LogP contribution is -2.40. The Morgan fingerprint density at radius 3 is 2.63 bits per heavy atom. The molecular weight excluding hydrogens is 344 g/mol. The third kappa shape index (κ3) is 4.10. The monoisotopic (exact) mass is 374 g/mol. The second-order valence-corrected chi connectivity index (χ2v) is 8.63. The fourth-order valence-electron chi connectivity index (χ4n) is 3.74. The van der Waals surface area contributed by atoms with Crippen molar-refractivity contribution in [3.63, 3.8) is 0 Å². The fourth-order valence-corrected chi connectivity index (χ4v) is 3.74. The number of amides is 3. The molecule has 0 aliphatic carbocycles. The standard InChI is InChI=1S/C21H30N2O4/c1-14-11-15(21(2,3)4)8-9-18(14)27-13-16(24)12-23-19(25)17-7-5-6-10-22(17)20(23)26/h8-9,11,16-17,24H,5-7,10,12-13H2,1-4H3/t16-,17+/m0/s1. The highest BCUT2D eigenvalue weighted by Gasteiger charge is 2.46. The normalized spacial score (nSPS) is 21.4. The number of ether oxygens (including phenoxy) is 1. The molecule has 3 rings (SSSR count). The summed E-state index contributed by atoms with van der Waals surface area (Å²) in [6.45, 7) is 9.08. The Bertz CT molecular complexity index is 701. The molecule has 0 radical (unpaired) electrons. The summed E-state index contributed by atoms with van der Waals surface area (Å²) in [6, 6.07) is 5.41. The van der Waals surface area contributed by atoms with Gasteiger partial charge in [0.15, 0.2) is 0 Å². The van der Waals surface area contributed by atoms with E-state index in [4.69, 9.17) is 4.74 Å². The maximum absolute atomic E-state index is 12.5. The van der Waals surface area contributed by atoms with Gasteiger partial charge in [0.2, 0.25) is 0 Å². The Morgan fingerprint density at radius 1 is 1.26 bits per heavy atom. The van der Waals surface area contributed by atoms with Crippen LogP contribution in [0.3, 0.4) is 0 Å². The Labute approximate surface area is 161 Å². The first kappa shape index (κ1) is 19.7. The third-order valence-electron chi connectivity index (χ3n) is 5.40. The summed E-state index contributed by atoms with van der Waals surface area (Å²) in [5.74, 6) is 0.517. The molecule has 1 aromatic rings. The van der Waals surface area contributed by atoms with Gasteiger partial charge >= 0.3 is 6.03 Å². The number of aliphatic hydroxyl groups is 1. The lowest BCUT2D eigenvalue weighted by Gasteiger charge is -2.26. The number of rotatable bonds is 5. The Balaban J connectivity index is 1.58. The van der Waals surface area contributed by atoms with Crippen LogP contribution in [0, 0.1) is 6.92 Å². The van der Waals surface area contributed by atoms with Crippen LogP contribution >= 0.6 is 0 Å². The lowest BCUT2D eigenvalue weighted by atomic mass is 9.86. The number of hydrogen-bond donors (Lipinski definition) is 1. The summed E-state index contributed by atoms with van der Waals surface area (Å²) < 4.78 is 5.75. The van der Waals surface area contributed by atoms with Crippen molar-refractivity contribution in [1.82, 2.24) is 9.80 Å². The number of carbonyl (C=O) groups excluding carboxylic acids is 2. The zero-order chi connectivity index (χ0) is 19.8. The number of benzene rings is 1. The topological polar surface area (TPSA) is 70.1 Å². The van der Waals surface area contributed by atoms with Gasteiger partial charge in [-0.15, -0.1) is 0 Å². The van der Waals surface area contributed by atoms with Crippen molar-refractivity contribution in [3.05, 3.63) is 29.3 Å². The van der Waals surface area contributed by atoms with E-state index >= 15 is 0 Å². The van der Waals surface area contributed by atoms with Crippen LogP contribution in [0.5, 0.6) is 5.75 Å². The number of β-amino-alcohol motifs (C(OH)–C–C–N with tert-alkyl or cyclic N) is 1. The van der Waals surface area contributed by atoms with Gasteiger partial charge in [0.25, 0.3) is 5.91 Å². The highest BCUT2D eigenvalue weighted by Crippen LogP contribution is 2.28. The highest BCUT2D eigenvalue weighted by molar-refractivity contribution is 6.04. The van der Waals surface area contributed by atoms with E-state index in [1.54, 1.807) is 4.90 Å². The second-order valence-electron chi connectivity index (χ2n) is 8.63. The zero-order valence-corrected chi connectivity index (χ0v) is 16.7. The smallest absolute Gasteiger partial charge is 0.327 e. The summed E-state index contributed by atoms with van der Waals surface area (Å²) in [6.07, 6.45) is 1.69. The summed E-state index contributed by atoms with van der Waals surface area (Å²) >= 11 is 0. The molecule has 3 amide bonds. The highest BCUT2D eigenvalue weighted by atomic mass is 16.5. The summed E-state index contributed by atoms with van der Waals surface area (Å²) in [7, 11) is 0. The van der Waals surface area contributed by atoms with E-state index in [0.717, 1.165) is 18.4 Å². The van der Waals surface area contributed by atoms with E-state index in [1.807, 2.05) is 19.1 Å². The average Bonchev–Trinajstić information content (AvgIpc) is 2.85. The maximum atomic E-state index is 12.5. The van der Waals surface area contributed by atoms with Crippen LogP contribution in [0.25, 0.3) is 0 Å². The molecule has 148 valence electrons. The summed E-state index contributed by atoms with van der Waals surface area (Å²) in [5.41, 5.74) is 2.28. The molecule has 1 aromatic carbocycles. The van der Waals surface area contributed by atoms with Crippen molar-refractivity contribution >= 4 is 11.9 Å². The Morgan fingerprint density at radius 2 is 2.00 bits per heavy atom. The molecule has 0 saturated carbocycles. The molecule has 2 saturated heterocycles. The number of hydrogen-bond acceptors (Lipinski definition) is 4. The number of nitrogens with zero attached hydrogens (tertiary/aromatic N) is 2. The van der Waals surface area contributed by atoms with Crippen molar-refractivity contribution in [2.75, 3.05) is 19.7 Å². The Hall–Kier alpha value is -2.08. The van der Waals surface area contributed by atoms with Crippen LogP contribution in [0.4, 0.5) is 4.79 Å². The molecule has 0 spiro atoms. The molecule has 0 unspecified atom stereocenters. The number of piperidine rings is 1. The van der Waals surface area contributed by atoms with Crippen LogP contribution in [-0.4, -0.2) is 58.7 Å². The van der Waals surface area contributed by atoms with Crippen LogP contribution < -0.4 is 4.74 Å². The molecule has 0 aromatic heterocycles. The molecule has 2 aliphatic rings. The van der Waals surface area contributed by atoms with E-state index in [2.05, 4.69) is 26.8 Å². The van der Waals surface area contributed by atoms with E-state index in [1.165, 1.54) is 10.5 Å². The molecule has 6 heteroatoms. The molecular formula is C21H30N2O4. The summed E-state index contributed by atoms with van der Waals surface area (Å²) in [4.78, 5) is 27.7.